The number of hydrogen-bond donors (Lipinski definition) is 1. The monoisotopic (exact) mass is 426 g/mol. The predicted octanol–water partition coefficient (Wildman–Crippen LogP) is 3.31. The zero-order valence-corrected chi connectivity index (χ0v) is 18.0. The van der Waals surface area contributed by atoms with Gasteiger partial charge in [0, 0.05) is 43.6 Å². The van der Waals surface area contributed by atoms with Crippen molar-refractivity contribution in [1.29, 1.82) is 0 Å². The summed E-state index contributed by atoms with van der Waals surface area (Å²) >= 11 is 0. The Morgan fingerprint density at radius 1 is 1.10 bits per heavy atom. The fraction of sp³-hybridized carbons (Fsp3) is 0.381. The molecule has 1 fully saturated rings. The van der Waals surface area contributed by atoms with Crippen LogP contribution < -0.4 is 5.32 Å². The van der Waals surface area contributed by atoms with Gasteiger partial charge in [-0.1, -0.05) is 12.1 Å². The molecule has 1 aliphatic heterocycles. The summed E-state index contributed by atoms with van der Waals surface area (Å²) in [6, 6.07) is 11.6. The Bertz CT molecular complexity index is 1110. The van der Waals surface area contributed by atoms with Gasteiger partial charge in [0.15, 0.2) is 0 Å². The third-order valence-electron chi connectivity index (χ3n) is 5.41. The van der Waals surface area contributed by atoms with Crippen LogP contribution in [0.15, 0.2) is 53.7 Å². The second kappa shape index (κ2) is 8.53. The molecule has 9 heteroatoms. The largest absolute Gasteiger partial charge is 0.325 e. The Morgan fingerprint density at radius 3 is 2.53 bits per heavy atom. The molecule has 158 valence electrons. The Balaban J connectivity index is 1.44. The van der Waals surface area contributed by atoms with Crippen molar-refractivity contribution in [3.8, 4) is 0 Å². The summed E-state index contributed by atoms with van der Waals surface area (Å²) in [7, 11) is -3.53. The van der Waals surface area contributed by atoms with E-state index in [1.165, 1.54) is 0 Å². The average Bonchev–Trinajstić information content (AvgIpc) is 3.16. The van der Waals surface area contributed by atoms with E-state index in [1.54, 1.807) is 28.3 Å². The molecule has 1 N–H and O–H groups in total. The van der Waals surface area contributed by atoms with Crippen LogP contribution in [0.4, 0.5) is 11.6 Å². The first kappa shape index (κ1) is 20.5. The number of anilines is 2. The molecule has 0 bridgehead atoms. The van der Waals surface area contributed by atoms with Crippen LogP contribution in [-0.4, -0.2) is 45.6 Å². The number of pyridine rings is 2. The van der Waals surface area contributed by atoms with E-state index in [9.17, 15) is 8.42 Å². The van der Waals surface area contributed by atoms with E-state index >= 15 is 0 Å². The maximum atomic E-state index is 13.1. The van der Waals surface area contributed by atoms with Crippen molar-refractivity contribution in [3.05, 3.63) is 60.2 Å². The van der Waals surface area contributed by atoms with Gasteiger partial charge in [-0.15, -0.1) is 0 Å². The van der Waals surface area contributed by atoms with Gasteiger partial charge in [-0.3, -0.25) is 4.68 Å². The molecule has 1 saturated heterocycles. The fourth-order valence-corrected chi connectivity index (χ4v) is 5.40. The van der Waals surface area contributed by atoms with E-state index in [-0.39, 0.29) is 5.92 Å². The molecule has 3 aromatic rings. The first-order valence-electron chi connectivity index (χ1n) is 10.2. The molecule has 0 radical (unpaired) electrons. The van der Waals surface area contributed by atoms with Crippen molar-refractivity contribution in [2.75, 3.05) is 18.4 Å². The first-order chi connectivity index (χ1) is 14.5. The van der Waals surface area contributed by atoms with Crippen molar-refractivity contribution in [3.63, 3.8) is 0 Å². The fourth-order valence-electron chi connectivity index (χ4n) is 3.76. The van der Waals surface area contributed by atoms with E-state index in [4.69, 9.17) is 4.98 Å². The molecule has 30 heavy (non-hydrogen) atoms. The van der Waals surface area contributed by atoms with E-state index in [1.807, 2.05) is 43.3 Å². The van der Waals surface area contributed by atoms with Crippen LogP contribution in [0.5, 0.6) is 0 Å². The molecule has 0 unspecified atom stereocenters. The van der Waals surface area contributed by atoms with Crippen LogP contribution in [0.3, 0.4) is 0 Å². The van der Waals surface area contributed by atoms with Crippen molar-refractivity contribution >= 4 is 21.7 Å². The number of nitrogens with one attached hydrogen (secondary N) is 1. The summed E-state index contributed by atoms with van der Waals surface area (Å²) in [6.07, 6.45) is 4.83. The maximum Gasteiger partial charge on any atom is 0.246 e. The summed E-state index contributed by atoms with van der Waals surface area (Å²) in [5, 5.41) is 7.50. The van der Waals surface area contributed by atoms with Gasteiger partial charge >= 0.3 is 0 Å². The molecule has 0 atom stereocenters. The third kappa shape index (κ3) is 4.22. The van der Waals surface area contributed by atoms with Crippen LogP contribution in [0, 0.1) is 6.92 Å². The number of piperidine rings is 1. The van der Waals surface area contributed by atoms with E-state index in [2.05, 4.69) is 15.4 Å². The van der Waals surface area contributed by atoms with Gasteiger partial charge in [-0.25, -0.2) is 18.4 Å². The van der Waals surface area contributed by atoms with Crippen molar-refractivity contribution in [2.24, 2.45) is 0 Å². The van der Waals surface area contributed by atoms with Crippen LogP contribution in [0.25, 0.3) is 0 Å². The lowest BCUT2D eigenvalue weighted by molar-refractivity contribution is 0.316. The van der Waals surface area contributed by atoms with Crippen molar-refractivity contribution < 1.29 is 8.42 Å². The second-order valence-electron chi connectivity index (χ2n) is 7.40. The minimum atomic E-state index is -3.53. The predicted molar refractivity (Wildman–Crippen MR) is 115 cm³/mol. The van der Waals surface area contributed by atoms with Crippen molar-refractivity contribution in [1.82, 2.24) is 24.1 Å². The normalized spacial score (nSPS) is 15.9. The molecule has 0 aliphatic carbocycles. The third-order valence-corrected chi connectivity index (χ3v) is 7.41. The molecule has 3 aromatic heterocycles. The minimum absolute atomic E-state index is 0.224. The molecule has 4 rings (SSSR count). The van der Waals surface area contributed by atoms with Crippen molar-refractivity contribution in [2.45, 2.75) is 44.0 Å². The van der Waals surface area contributed by atoms with Crippen LogP contribution >= 0.6 is 0 Å². The second-order valence-corrected chi connectivity index (χ2v) is 9.31. The molecule has 0 saturated carbocycles. The Labute approximate surface area is 177 Å². The van der Waals surface area contributed by atoms with Crippen LogP contribution in [0.1, 0.15) is 37.1 Å². The van der Waals surface area contributed by atoms with Gasteiger partial charge in [0.2, 0.25) is 10.0 Å². The van der Waals surface area contributed by atoms with Gasteiger partial charge < -0.3 is 5.32 Å². The summed E-state index contributed by atoms with van der Waals surface area (Å²) < 4.78 is 29.4. The lowest BCUT2D eigenvalue weighted by Crippen LogP contribution is -2.38. The maximum absolute atomic E-state index is 13.1. The summed E-state index contributed by atoms with van der Waals surface area (Å²) in [5.41, 5.74) is 1.52. The number of rotatable bonds is 6. The molecule has 4 heterocycles. The standard InChI is InChI=1S/C21H26N6O2S/c1-3-26-15-19(16(2)25-26)30(28,29)27-13-10-17(11-14-27)18-7-6-9-21(23-18)24-20-8-4-5-12-22-20/h4-9,12,15,17H,3,10-11,13-14H2,1-2H3,(H,22,23,24). The Hall–Kier alpha value is -2.78. The van der Waals surface area contributed by atoms with E-state index < -0.39 is 10.0 Å². The molecule has 0 amide bonds. The van der Waals surface area contributed by atoms with Gasteiger partial charge in [0.05, 0.1) is 5.69 Å². The van der Waals surface area contributed by atoms with Gasteiger partial charge in [0.25, 0.3) is 0 Å². The van der Waals surface area contributed by atoms with Gasteiger partial charge in [-0.2, -0.15) is 9.40 Å². The summed E-state index contributed by atoms with van der Waals surface area (Å²) in [4.78, 5) is 9.31. The highest BCUT2D eigenvalue weighted by molar-refractivity contribution is 7.89. The first-order valence-corrected chi connectivity index (χ1v) is 11.6. The summed E-state index contributed by atoms with van der Waals surface area (Å²) in [6.45, 7) is 5.29. The highest BCUT2D eigenvalue weighted by Gasteiger charge is 2.32. The highest BCUT2D eigenvalue weighted by Crippen LogP contribution is 2.31. The lowest BCUT2D eigenvalue weighted by atomic mass is 9.94. The molecular weight excluding hydrogens is 400 g/mol. The smallest absolute Gasteiger partial charge is 0.246 e. The van der Waals surface area contributed by atoms with Crippen LogP contribution in [-0.2, 0) is 16.6 Å². The molecular formula is C21H26N6O2S. The quantitative estimate of drug-likeness (QED) is 0.650. The Morgan fingerprint density at radius 2 is 1.87 bits per heavy atom. The zero-order chi connectivity index (χ0) is 21.1. The summed E-state index contributed by atoms with van der Waals surface area (Å²) in [5.74, 6) is 1.70. The van der Waals surface area contributed by atoms with Gasteiger partial charge in [0.1, 0.15) is 16.5 Å². The molecule has 0 spiro atoms. The topological polar surface area (TPSA) is 93.0 Å². The highest BCUT2D eigenvalue weighted by atomic mass is 32.2. The van der Waals surface area contributed by atoms with Gasteiger partial charge in [-0.05, 0) is 51.0 Å². The number of aromatic nitrogens is 4. The Kier molecular flexibility index (Phi) is 5.83. The average molecular weight is 427 g/mol. The zero-order valence-electron chi connectivity index (χ0n) is 17.2. The number of sulfonamides is 1. The van der Waals surface area contributed by atoms with E-state index in [0.29, 0.717) is 30.2 Å². The number of nitrogens with zero attached hydrogens (tertiary/aromatic N) is 5. The van der Waals surface area contributed by atoms with E-state index in [0.717, 1.165) is 30.2 Å². The molecule has 1 aliphatic rings. The minimum Gasteiger partial charge on any atom is -0.325 e. The molecule has 8 nitrogen and oxygen atoms in total. The number of hydrogen-bond acceptors (Lipinski definition) is 6. The van der Waals surface area contributed by atoms with Crippen LogP contribution in [0.2, 0.25) is 0 Å². The molecule has 0 aromatic carbocycles. The lowest BCUT2D eigenvalue weighted by Gasteiger charge is -2.30. The number of aryl methyl sites for hydroxylation is 2. The SMILES string of the molecule is CCn1cc(S(=O)(=O)N2CCC(c3cccc(Nc4ccccn4)n3)CC2)c(C)n1.